The van der Waals surface area contributed by atoms with Crippen molar-refractivity contribution in [1.82, 2.24) is 4.98 Å². The van der Waals surface area contributed by atoms with Gasteiger partial charge in [-0.2, -0.15) is 0 Å². The van der Waals surface area contributed by atoms with Crippen LogP contribution in [0.1, 0.15) is 28.3 Å². The summed E-state index contributed by atoms with van der Waals surface area (Å²) in [6.45, 7) is 1.67. The van der Waals surface area contributed by atoms with Crippen molar-refractivity contribution in [3.8, 4) is 5.75 Å². The lowest BCUT2D eigenvalue weighted by molar-refractivity contribution is -0.123. The molecule has 8 rings (SSSR count). The number of carbonyl (C=O) groups excluding carboxylic acids is 3. The number of aryl methyl sites for hydroxylation is 1. The molecule has 7 atom stereocenters. The van der Waals surface area contributed by atoms with E-state index >= 15 is 0 Å². The lowest BCUT2D eigenvalue weighted by Crippen LogP contribution is -2.42. The molecule has 3 amide bonds. The Hall–Kier alpha value is -4.24. The van der Waals surface area contributed by atoms with Gasteiger partial charge >= 0.3 is 4.87 Å². The largest absolute Gasteiger partial charge is 0.484 e. The van der Waals surface area contributed by atoms with E-state index in [9.17, 15) is 27.6 Å². The summed E-state index contributed by atoms with van der Waals surface area (Å²) < 4.78 is 28.9. The molecular weight excluding hydrogens is 673 g/mol. The average Bonchev–Trinajstić information content (AvgIpc) is 3.79. The van der Waals surface area contributed by atoms with Gasteiger partial charge in [-0.1, -0.05) is 41.2 Å². The van der Waals surface area contributed by atoms with Gasteiger partial charge in [-0.3, -0.25) is 24.1 Å². The molecule has 0 radical (unpaired) electrons. The molecule has 3 aromatic carbocycles. The molecule has 4 aliphatic rings. The number of aromatic nitrogens is 1. The molecule has 2 bridgehead atoms. The fourth-order valence-electron chi connectivity index (χ4n) is 8.21. The molecule has 2 saturated carbocycles. The molecule has 1 saturated heterocycles. The van der Waals surface area contributed by atoms with Crippen LogP contribution in [0.4, 0.5) is 11.4 Å². The maximum Gasteiger partial charge on any atom is 0.305 e. The highest BCUT2D eigenvalue weighted by atomic mass is 32.2. The molecular formula is C34H30N4O7S3. The third kappa shape index (κ3) is 5.09. The Morgan fingerprint density at radius 3 is 2.42 bits per heavy atom. The number of amides is 3. The summed E-state index contributed by atoms with van der Waals surface area (Å²) in [6.07, 6.45) is 0.779. The molecule has 14 heteroatoms. The fraction of sp³-hybridized carbons (Fsp3) is 0.294. The maximum absolute atomic E-state index is 14.0. The van der Waals surface area contributed by atoms with Gasteiger partial charge in [0.25, 0.3) is 5.91 Å². The van der Waals surface area contributed by atoms with Crippen molar-refractivity contribution in [3.05, 3.63) is 98.5 Å². The molecule has 3 heterocycles. The van der Waals surface area contributed by atoms with Crippen LogP contribution in [0.15, 0.2) is 87.5 Å². The first-order valence-corrected chi connectivity index (χ1v) is 18.7. The number of anilines is 2. The van der Waals surface area contributed by atoms with E-state index in [4.69, 9.17) is 9.88 Å². The maximum atomic E-state index is 14.0. The van der Waals surface area contributed by atoms with E-state index in [1.165, 1.54) is 40.5 Å². The van der Waals surface area contributed by atoms with Crippen molar-refractivity contribution in [1.29, 1.82) is 0 Å². The van der Waals surface area contributed by atoms with Gasteiger partial charge in [0.05, 0.1) is 27.4 Å². The second-order valence-electron chi connectivity index (χ2n) is 12.8. The van der Waals surface area contributed by atoms with Gasteiger partial charge in [-0.05, 0) is 85.2 Å². The third-order valence-electron chi connectivity index (χ3n) is 10.1. The van der Waals surface area contributed by atoms with Crippen LogP contribution in [-0.4, -0.2) is 43.0 Å². The summed E-state index contributed by atoms with van der Waals surface area (Å²) in [7, 11) is -3.85. The number of primary sulfonamides is 1. The first-order valence-electron chi connectivity index (χ1n) is 15.5. The predicted octanol–water partition coefficient (Wildman–Crippen LogP) is 4.09. The Kier molecular flexibility index (Phi) is 7.40. The number of aromatic amines is 1. The average molecular weight is 703 g/mol. The lowest BCUT2D eigenvalue weighted by Gasteiger charge is -2.43. The number of ether oxygens (including phenoxy) is 1. The van der Waals surface area contributed by atoms with Crippen molar-refractivity contribution >= 4 is 62.2 Å². The number of nitrogens with zero attached hydrogens (tertiary/aromatic N) is 1. The van der Waals surface area contributed by atoms with Crippen LogP contribution in [0.5, 0.6) is 5.75 Å². The van der Waals surface area contributed by atoms with Crippen molar-refractivity contribution in [2.24, 2.45) is 34.7 Å². The smallest absolute Gasteiger partial charge is 0.305 e. The number of fused-ring (bicyclic) bond motifs is 9. The van der Waals surface area contributed by atoms with Gasteiger partial charge in [-0.15, -0.1) is 11.8 Å². The van der Waals surface area contributed by atoms with Crippen LogP contribution in [0.2, 0.25) is 0 Å². The zero-order valence-corrected chi connectivity index (χ0v) is 27.9. The highest BCUT2D eigenvalue weighted by Crippen LogP contribution is 2.68. The number of thiazole rings is 1. The topological polar surface area (TPSA) is 169 Å². The Balaban J connectivity index is 1.05. The number of hydrogen-bond donors (Lipinski definition) is 3. The molecule has 2 aliphatic carbocycles. The van der Waals surface area contributed by atoms with Crippen LogP contribution in [0.3, 0.4) is 0 Å². The van der Waals surface area contributed by atoms with Crippen LogP contribution in [-0.2, 0) is 24.4 Å². The summed E-state index contributed by atoms with van der Waals surface area (Å²) in [6, 6.07) is 20.4. The van der Waals surface area contributed by atoms with Gasteiger partial charge in [0.15, 0.2) is 6.61 Å². The number of thioether (sulfide) groups is 1. The number of benzene rings is 3. The predicted molar refractivity (Wildman–Crippen MR) is 181 cm³/mol. The van der Waals surface area contributed by atoms with Crippen molar-refractivity contribution in [2.45, 2.75) is 34.4 Å². The minimum absolute atomic E-state index is 0.00287. The van der Waals surface area contributed by atoms with E-state index in [1.54, 1.807) is 17.8 Å². The summed E-state index contributed by atoms with van der Waals surface area (Å²) in [5.41, 5.74) is 2.96. The van der Waals surface area contributed by atoms with E-state index < -0.39 is 21.8 Å². The van der Waals surface area contributed by atoms with E-state index in [2.05, 4.69) is 10.3 Å². The van der Waals surface area contributed by atoms with E-state index in [-0.39, 0.29) is 63.0 Å². The van der Waals surface area contributed by atoms with E-state index in [0.29, 0.717) is 17.1 Å². The van der Waals surface area contributed by atoms with Gasteiger partial charge in [0.1, 0.15) is 5.75 Å². The highest BCUT2D eigenvalue weighted by molar-refractivity contribution is 8.00. The first-order chi connectivity index (χ1) is 23.0. The van der Waals surface area contributed by atoms with Crippen LogP contribution in [0.25, 0.3) is 0 Å². The second-order valence-corrected chi connectivity index (χ2v) is 16.6. The Morgan fingerprint density at radius 1 is 1.00 bits per heavy atom. The molecule has 2 aliphatic heterocycles. The van der Waals surface area contributed by atoms with Crippen molar-refractivity contribution in [2.75, 3.05) is 16.8 Å². The van der Waals surface area contributed by atoms with Crippen molar-refractivity contribution in [3.63, 3.8) is 0 Å². The minimum atomic E-state index is -3.85. The molecule has 48 heavy (non-hydrogen) atoms. The molecule has 11 nitrogen and oxygen atoms in total. The Morgan fingerprint density at radius 2 is 1.71 bits per heavy atom. The quantitative estimate of drug-likeness (QED) is 0.242. The Labute approximate surface area is 283 Å². The molecule has 4 N–H and O–H groups in total. The number of carbonyl (C=O) groups is 3. The standard InChI is InChI=1S/C34H30N4O7S3/c1-16-5-9-19(10-6-16)38-32(40)27-22-14-23(28(27)33(38)41)29-26(22)25(30-31(46-29)37-34(42)47-30)17-3-2-4-20(13-17)45-15-24(39)36-18-7-11-21(12-8-18)48(35,43)44/h2-13,22-23,25-29H,14-15H2,1H3,(H,36,39)(H,37,42)(H2,35,43,44)/t22-,23-,25-,26?,27?,28?,29?/m1/s1. The van der Waals surface area contributed by atoms with Gasteiger partial charge < -0.3 is 15.0 Å². The number of rotatable bonds is 7. The summed E-state index contributed by atoms with van der Waals surface area (Å²) in [5.74, 6) is -1.24. The van der Waals surface area contributed by atoms with E-state index in [1.807, 2.05) is 49.4 Å². The summed E-state index contributed by atoms with van der Waals surface area (Å²) >= 11 is 2.81. The number of hydrogen-bond acceptors (Lipinski definition) is 9. The van der Waals surface area contributed by atoms with Crippen LogP contribution < -0.4 is 25.0 Å². The zero-order valence-electron chi connectivity index (χ0n) is 25.5. The SMILES string of the molecule is Cc1ccc(N2C(=O)C3C(C2=O)[C@@H]2C[C@H]3C3Sc4[nH]c(=O)sc4[C@H](c4cccc(OCC(=O)Nc5ccc(S(N)(=O)=O)cc5)c4)C32)cc1. The third-order valence-corrected chi connectivity index (χ3v) is 13.6. The number of nitrogens with one attached hydrogen (secondary N) is 2. The molecule has 0 spiro atoms. The van der Waals surface area contributed by atoms with Gasteiger partial charge in [-0.25, -0.2) is 13.6 Å². The number of imide groups is 1. The zero-order chi connectivity index (χ0) is 33.5. The number of nitrogens with two attached hydrogens (primary N) is 1. The molecule has 246 valence electrons. The highest BCUT2D eigenvalue weighted by Gasteiger charge is 2.69. The number of sulfonamides is 1. The van der Waals surface area contributed by atoms with Crippen molar-refractivity contribution < 1.29 is 27.5 Å². The molecule has 3 fully saturated rings. The Bertz CT molecular complexity index is 2150. The summed E-state index contributed by atoms with van der Waals surface area (Å²) in [4.78, 5) is 58.3. The minimum Gasteiger partial charge on any atom is -0.484 e. The molecule has 4 unspecified atom stereocenters. The molecule has 4 aromatic rings. The molecule has 1 aromatic heterocycles. The van der Waals surface area contributed by atoms with Gasteiger partial charge in [0.2, 0.25) is 21.8 Å². The summed E-state index contributed by atoms with van der Waals surface area (Å²) in [5, 5.41) is 8.68. The first kappa shape index (κ1) is 31.1. The van der Waals surface area contributed by atoms with Crippen LogP contribution in [0, 0.1) is 36.5 Å². The lowest BCUT2D eigenvalue weighted by atomic mass is 9.68. The fourth-order valence-corrected chi connectivity index (χ4v) is 11.6. The monoisotopic (exact) mass is 702 g/mol. The number of H-pyrrole nitrogens is 1. The second kappa shape index (κ2) is 11.4. The van der Waals surface area contributed by atoms with E-state index in [0.717, 1.165) is 27.5 Å². The van der Waals surface area contributed by atoms with Crippen LogP contribution >= 0.6 is 23.1 Å². The van der Waals surface area contributed by atoms with Gasteiger partial charge in [0, 0.05) is 21.7 Å². The normalized spacial score (nSPS) is 27.0.